The minimum Gasteiger partial charge on any atom is -0.462 e. The molecule has 4 nitrogen and oxygen atoms in total. The monoisotopic (exact) mass is 273 g/mol. The lowest BCUT2D eigenvalue weighted by molar-refractivity contribution is -0.0505. The van der Waals surface area contributed by atoms with E-state index in [-0.39, 0.29) is 28.4 Å². The third-order valence-electron chi connectivity index (χ3n) is 1.93. The number of benzene rings is 1. The Hall–Kier alpha value is -1.81. The summed E-state index contributed by atoms with van der Waals surface area (Å²) in [4.78, 5) is 11.7. The van der Waals surface area contributed by atoms with Crippen molar-refractivity contribution in [2.24, 2.45) is 0 Å². The van der Waals surface area contributed by atoms with Crippen LogP contribution in [0.3, 0.4) is 0 Å². The van der Waals surface area contributed by atoms with Crippen LogP contribution in [0, 0.1) is 11.3 Å². The molecule has 0 aliphatic carbocycles. The fraction of sp³-hybridized carbons (Fsp3) is 0.273. The lowest BCUT2D eigenvalue weighted by atomic mass is 10.1. The number of thiol groups is 1. The van der Waals surface area contributed by atoms with Crippen LogP contribution in [-0.2, 0) is 4.74 Å². The lowest BCUT2D eigenvalue weighted by Crippen LogP contribution is -2.11. The van der Waals surface area contributed by atoms with Crippen LogP contribution >= 0.6 is 12.6 Å². The maximum atomic E-state index is 12.2. The molecule has 0 saturated carbocycles. The molecule has 0 spiro atoms. The van der Waals surface area contributed by atoms with Gasteiger partial charge in [0.25, 0.3) is 0 Å². The largest absolute Gasteiger partial charge is 0.462 e. The Bertz CT molecular complexity index is 500. The van der Waals surface area contributed by atoms with Gasteiger partial charge in [-0.05, 0) is 19.1 Å². The molecule has 0 heterocycles. The number of hydrogen-bond acceptors (Lipinski definition) is 5. The van der Waals surface area contributed by atoms with Crippen molar-refractivity contribution in [1.29, 1.82) is 5.26 Å². The van der Waals surface area contributed by atoms with Crippen molar-refractivity contribution in [2.45, 2.75) is 18.4 Å². The van der Waals surface area contributed by atoms with Crippen molar-refractivity contribution < 1.29 is 23.0 Å². The predicted octanol–water partition coefficient (Wildman–Crippen LogP) is 2.63. The van der Waals surface area contributed by atoms with Crippen LogP contribution in [0.15, 0.2) is 17.0 Å². The molecule has 0 amide bonds. The van der Waals surface area contributed by atoms with Gasteiger partial charge < -0.3 is 9.47 Å². The second-order valence-corrected chi connectivity index (χ2v) is 3.56. The van der Waals surface area contributed by atoms with Gasteiger partial charge in [-0.2, -0.15) is 14.0 Å². The van der Waals surface area contributed by atoms with Crippen molar-refractivity contribution in [3.63, 3.8) is 0 Å². The number of hydrogen-bond donors (Lipinski definition) is 1. The van der Waals surface area contributed by atoms with E-state index in [2.05, 4.69) is 17.4 Å². The summed E-state index contributed by atoms with van der Waals surface area (Å²) in [5.41, 5.74) is -0.158. The molecule has 0 fully saturated rings. The van der Waals surface area contributed by atoms with Crippen molar-refractivity contribution in [3.8, 4) is 11.8 Å². The predicted molar refractivity (Wildman–Crippen MR) is 61.0 cm³/mol. The first-order chi connectivity index (χ1) is 8.49. The zero-order valence-electron chi connectivity index (χ0n) is 9.31. The molecule has 7 heteroatoms. The standard InChI is InChI=1S/C11H9F2NO3S/c1-2-16-10(15)7-3-6(5-14)9(18)4-8(7)17-11(12)13/h3-4,11,18H,2H2,1H3. The zero-order valence-corrected chi connectivity index (χ0v) is 10.2. The number of ether oxygens (including phenoxy) is 2. The molecule has 0 unspecified atom stereocenters. The Kier molecular flexibility index (Phi) is 4.92. The Morgan fingerprint density at radius 3 is 2.72 bits per heavy atom. The third-order valence-corrected chi connectivity index (χ3v) is 2.30. The lowest BCUT2D eigenvalue weighted by Gasteiger charge is -2.11. The number of rotatable bonds is 4. The Labute approximate surface area is 108 Å². The normalized spacial score (nSPS) is 10.0. The number of carbonyl (C=O) groups excluding carboxylic acids is 1. The second kappa shape index (κ2) is 6.21. The molecule has 1 rings (SSSR count). The summed E-state index contributed by atoms with van der Waals surface area (Å²) in [6, 6.07) is 3.98. The van der Waals surface area contributed by atoms with E-state index in [4.69, 9.17) is 10.00 Å². The van der Waals surface area contributed by atoms with Crippen LogP contribution in [0.4, 0.5) is 8.78 Å². The van der Waals surface area contributed by atoms with Crippen LogP contribution in [-0.4, -0.2) is 19.2 Å². The second-order valence-electron chi connectivity index (χ2n) is 3.08. The van der Waals surface area contributed by atoms with E-state index >= 15 is 0 Å². The van der Waals surface area contributed by atoms with Crippen molar-refractivity contribution >= 4 is 18.6 Å². The van der Waals surface area contributed by atoms with Crippen LogP contribution in [0.5, 0.6) is 5.75 Å². The Morgan fingerprint density at radius 2 is 2.22 bits per heavy atom. The minimum atomic E-state index is -3.08. The van der Waals surface area contributed by atoms with Crippen molar-refractivity contribution in [3.05, 3.63) is 23.3 Å². The maximum Gasteiger partial charge on any atom is 0.387 e. The van der Waals surface area contributed by atoms with Crippen molar-refractivity contribution in [2.75, 3.05) is 6.61 Å². The number of nitriles is 1. The average molecular weight is 273 g/mol. The summed E-state index contributed by atoms with van der Waals surface area (Å²) in [5, 5.41) is 8.79. The SMILES string of the molecule is CCOC(=O)c1cc(C#N)c(S)cc1OC(F)F. The van der Waals surface area contributed by atoms with Gasteiger partial charge >= 0.3 is 12.6 Å². The first-order valence-corrected chi connectivity index (χ1v) is 5.33. The third kappa shape index (κ3) is 3.34. The number of esters is 1. The average Bonchev–Trinajstić information content (AvgIpc) is 2.28. The molecule has 18 heavy (non-hydrogen) atoms. The molecular weight excluding hydrogens is 264 g/mol. The molecule has 1 aromatic rings. The van der Waals surface area contributed by atoms with Crippen LogP contribution in [0.2, 0.25) is 0 Å². The molecule has 0 aromatic heterocycles. The molecule has 0 aliphatic rings. The summed E-state index contributed by atoms with van der Waals surface area (Å²) in [7, 11) is 0. The first-order valence-electron chi connectivity index (χ1n) is 4.88. The van der Waals surface area contributed by atoms with Gasteiger partial charge in [0.1, 0.15) is 17.4 Å². The number of nitrogens with zero attached hydrogens (tertiary/aromatic N) is 1. The van der Waals surface area contributed by atoms with E-state index in [1.54, 1.807) is 13.0 Å². The number of alkyl halides is 2. The maximum absolute atomic E-state index is 12.2. The van der Waals surface area contributed by atoms with Crippen LogP contribution < -0.4 is 4.74 Å². The van der Waals surface area contributed by atoms with Gasteiger partial charge in [-0.1, -0.05) is 0 Å². The van der Waals surface area contributed by atoms with Gasteiger partial charge in [0.15, 0.2) is 0 Å². The highest BCUT2D eigenvalue weighted by Gasteiger charge is 2.19. The summed E-state index contributed by atoms with van der Waals surface area (Å²) < 4.78 is 33.3. The fourth-order valence-electron chi connectivity index (χ4n) is 1.22. The summed E-state index contributed by atoms with van der Waals surface area (Å²) in [5.74, 6) is -1.20. The molecule has 0 bridgehead atoms. The molecule has 0 aliphatic heterocycles. The summed E-state index contributed by atoms with van der Waals surface area (Å²) in [6.07, 6.45) is 0. The van der Waals surface area contributed by atoms with Crippen LogP contribution in [0.1, 0.15) is 22.8 Å². The Morgan fingerprint density at radius 1 is 1.56 bits per heavy atom. The highest BCUT2D eigenvalue weighted by Crippen LogP contribution is 2.28. The molecule has 0 atom stereocenters. The topological polar surface area (TPSA) is 59.3 Å². The Balaban J connectivity index is 3.26. The van der Waals surface area contributed by atoms with E-state index in [9.17, 15) is 13.6 Å². The van der Waals surface area contributed by atoms with Gasteiger partial charge in [0.2, 0.25) is 0 Å². The summed E-state index contributed by atoms with van der Waals surface area (Å²) in [6.45, 7) is -1.43. The quantitative estimate of drug-likeness (QED) is 0.676. The molecule has 96 valence electrons. The minimum absolute atomic E-state index is 0.0722. The van der Waals surface area contributed by atoms with E-state index in [1.807, 2.05) is 0 Å². The highest BCUT2D eigenvalue weighted by molar-refractivity contribution is 7.80. The van der Waals surface area contributed by atoms with Gasteiger partial charge in [0.05, 0.1) is 12.2 Å². The molecular formula is C11H9F2NO3S. The molecule has 0 N–H and O–H groups in total. The highest BCUT2D eigenvalue weighted by atomic mass is 32.1. The number of carbonyl (C=O) groups is 1. The van der Waals surface area contributed by atoms with E-state index in [0.717, 1.165) is 12.1 Å². The van der Waals surface area contributed by atoms with Gasteiger partial charge in [-0.25, -0.2) is 4.79 Å². The summed E-state index contributed by atoms with van der Waals surface area (Å²) >= 11 is 3.94. The molecule has 1 aromatic carbocycles. The van der Waals surface area contributed by atoms with Crippen LogP contribution in [0.25, 0.3) is 0 Å². The zero-order chi connectivity index (χ0) is 13.7. The van der Waals surface area contributed by atoms with E-state index in [1.165, 1.54) is 0 Å². The van der Waals surface area contributed by atoms with Gasteiger partial charge in [-0.3, -0.25) is 0 Å². The van der Waals surface area contributed by atoms with E-state index < -0.39 is 12.6 Å². The van der Waals surface area contributed by atoms with Crippen molar-refractivity contribution in [1.82, 2.24) is 0 Å². The first kappa shape index (κ1) is 14.3. The fourth-order valence-corrected chi connectivity index (χ4v) is 1.45. The van der Waals surface area contributed by atoms with Gasteiger partial charge in [-0.15, -0.1) is 12.6 Å². The smallest absolute Gasteiger partial charge is 0.387 e. The molecule has 0 saturated heterocycles. The molecule has 0 radical (unpaired) electrons. The van der Waals surface area contributed by atoms with Gasteiger partial charge in [0, 0.05) is 4.90 Å². The number of halogens is 2. The van der Waals surface area contributed by atoms with E-state index in [0.29, 0.717) is 0 Å².